The van der Waals surface area contributed by atoms with E-state index in [0.29, 0.717) is 36.0 Å². The summed E-state index contributed by atoms with van der Waals surface area (Å²) < 4.78 is 21.5. The maximum atomic E-state index is 12.3. The average molecular weight is 370 g/mol. The van der Waals surface area contributed by atoms with Gasteiger partial charge in [0, 0.05) is 12.0 Å². The first-order valence-corrected chi connectivity index (χ1v) is 8.81. The van der Waals surface area contributed by atoms with Crippen LogP contribution in [0.2, 0.25) is 0 Å². The highest BCUT2D eigenvalue weighted by molar-refractivity contribution is 5.98. The highest BCUT2D eigenvalue weighted by atomic mass is 16.6. The van der Waals surface area contributed by atoms with Gasteiger partial charge in [-0.25, -0.2) is 4.79 Å². The lowest BCUT2D eigenvalue weighted by molar-refractivity contribution is -0.144. The summed E-state index contributed by atoms with van der Waals surface area (Å²) in [6.45, 7) is 4.48. The Morgan fingerprint density at radius 1 is 0.926 bits per heavy atom. The summed E-state index contributed by atoms with van der Waals surface area (Å²) in [4.78, 5) is 24.1. The number of benzene rings is 2. The lowest BCUT2D eigenvalue weighted by Gasteiger charge is -2.10. The van der Waals surface area contributed by atoms with Crippen molar-refractivity contribution in [1.82, 2.24) is 0 Å². The van der Waals surface area contributed by atoms with Crippen LogP contribution in [0.25, 0.3) is 0 Å². The molecule has 0 fully saturated rings. The van der Waals surface area contributed by atoms with Gasteiger partial charge in [0.1, 0.15) is 5.75 Å². The molecule has 0 saturated heterocycles. The van der Waals surface area contributed by atoms with E-state index in [1.165, 1.54) is 0 Å². The van der Waals surface area contributed by atoms with Crippen LogP contribution < -0.4 is 14.2 Å². The standard InChI is InChI=1S/C21H22O6/c1-14-4-6-17(10-15(14)2)26-13-21(23)27-12-18(22)16-5-7-19-20(11-16)25-9-3-8-24-19/h4-7,10-11H,3,8-9,12-13H2,1-2H3. The first kappa shape index (κ1) is 18.8. The average Bonchev–Trinajstić information content (AvgIpc) is 2.91. The number of carbonyl (C=O) groups excluding carboxylic acids is 2. The summed E-state index contributed by atoms with van der Waals surface area (Å²) >= 11 is 0. The number of ether oxygens (including phenoxy) is 4. The molecule has 0 bridgehead atoms. The van der Waals surface area contributed by atoms with Crippen LogP contribution in [0, 0.1) is 13.8 Å². The van der Waals surface area contributed by atoms with Crippen LogP contribution in [-0.4, -0.2) is 38.2 Å². The van der Waals surface area contributed by atoms with E-state index in [1.54, 1.807) is 24.3 Å². The third kappa shape index (κ3) is 5.00. The van der Waals surface area contributed by atoms with Crippen molar-refractivity contribution in [3.63, 3.8) is 0 Å². The maximum absolute atomic E-state index is 12.3. The molecule has 1 aliphatic heterocycles. The van der Waals surface area contributed by atoms with Crippen molar-refractivity contribution in [2.45, 2.75) is 20.3 Å². The number of hydrogen-bond donors (Lipinski definition) is 0. The number of esters is 1. The van der Waals surface area contributed by atoms with Crippen molar-refractivity contribution < 1.29 is 28.5 Å². The summed E-state index contributed by atoms with van der Waals surface area (Å²) in [5.41, 5.74) is 2.62. The van der Waals surface area contributed by atoms with Gasteiger partial charge in [-0.3, -0.25) is 4.79 Å². The fourth-order valence-electron chi connectivity index (χ4n) is 2.55. The molecule has 0 amide bonds. The van der Waals surface area contributed by atoms with Crippen LogP contribution in [0.5, 0.6) is 17.2 Å². The van der Waals surface area contributed by atoms with Gasteiger partial charge in [-0.05, 0) is 55.3 Å². The topological polar surface area (TPSA) is 71.1 Å². The van der Waals surface area contributed by atoms with Gasteiger partial charge in [0.05, 0.1) is 13.2 Å². The molecule has 2 aromatic rings. The van der Waals surface area contributed by atoms with E-state index in [-0.39, 0.29) is 19.0 Å². The summed E-state index contributed by atoms with van der Waals surface area (Å²) in [5.74, 6) is 0.816. The van der Waals surface area contributed by atoms with E-state index in [9.17, 15) is 9.59 Å². The molecule has 0 spiro atoms. The lowest BCUT2D eigenvalue weighted by Crippen LogP contribution is -2.19. The second kappa shape index (κ2) is 8.58. The normalized spacial score (nSPS) is 12.8. The third-order valence-corrected chi connectivity index (χ3v) is 4.27. The number of rotatable bonds is 6. The van der Waals surface area contributed by atoms with E-state index in [0.717, 1.165) is 17.5 Å². The molecule has 0 atom stereocenters. The second-order valence-corrected chi connectivity index (χ2v) is 6.33. The maximum Gasteiger partial charge on any atom is 0.344 e. The van der Waals surface area contributed by atoms with Gasteiger partial charge >= 0.3 is 5.97 Å². The zero-order valence-corrected chi connectivity index (χ0v) is 15.4. The highest BCUT2D eigenvalue weighted by Gasteiger charge is 2.16. The first-order valence-electron chi connectivity index (χ1n) is 8.81. The van der Waals surface area contributed by atoms with Crippen LogP contribution in [0.3, 0.4) is 0 Å². The van der Waals surface area contributed by atoms with Gasteiger partial charge in [-0.1, -0.05) is 6.07 Å². The highest BCUT2D eigenvalue weighted by Crippen LogP contribution is 2.30. The molecule has 2 aromatic carbocycles. The van der Waals surface area contributed by atoms with Gasteiger partial charge in [-0.15, -0.1) is 0 Å². The van der Waals surface area contributed by atoms with Gasteiger partial charge in [0.25, 0.3) is 0 Å². The summed E-state index contributed by atoms with van der Waals surface area (Å²) in [5, 5.41) is 0. The summed E-state index contributed by atoms with van der Waals surface area (Å²) in [7, 11) is 0. The monoisotopic (exact) mass is 370 g/mol. The molecule has 0 N–H and O–H groups in total. The van der Waals surface area contributed by atoms with Gasteiger partial charge in [0.15, 0.2) is 30.5 Å². The van der Waals surface area contributed by atoms with E-state index in [2.05, 4.69) is 0 Å². The van der Waals surface area contributed by atoms with Crippen LogP contribution in [0.1, 0.15) is 27.9 Å². The minimum atomic E-state index is -0.601. The molecule has 142 valence electrons. The Kier molecular flexibility index (Phi) is 5.96. The predicted octanol–water partition coefficient (Wildman–Crippen LogP) is 3.27. The number of aryl methyl sites for hydroxylation is 2. The van der Waals surface area contributed by atoms with Crippen molar-refractivity contribution in [3.05, 3.63) is 53.1 Å². The smallest absolute Gasteiger partial charge is 0.344 e. The molecule has 27 heavy (non-hydrogen) atoms. The number of fused-ring (bicyclic) bond motifs is 1. The summed E-state index contributed by atoms with van der Waals surface area (Å²) in [6.07, 6.45) is 0.788. The number of Topliss-reactive ketones (excluding diaryl/α,β-unsaturated/α-hetero) is 1. The summed E-state index contributed by atoms with van der Waals surface area (Å²) in [6, 6.07) is 10.5. The molecular weight excluding hydrogens is 348 g/mol. The molecule has 0 aromatic heterocycles. The molecule has 6 heteroatoms. The Hall–Kier alpha value is -3.02. The van der Waals surface area contributed by atoms with Crippen molar-refractivity contribution in [2.24, 2.45) is 0 Å². The van der Waals surface area contributed by atoms with E-state index < -0.39 is 5.97 Å². The molecule has 1 aliphatic rings. The van der Waals surface area contributed by atoms with Crippen LogP contribution in [0.4, 0.5) is 0 Å². The molecule has 0 saturated carbocycles. The minimum Gasteiger partial charge on any atom is -0.490 e. The van der Waals surface area contributed by atoms with Crippen molar-refractivity contribution in [2.75, 3.05) is 26.4 Å². The van der Waals surface area contributed by atoms with Gasteiger partial charge in [-0.2, -0.15) is 0 Å². The van der Waals surface area contributed by atoms with Crippen molar-refractivity contribution >= 4 is 11.8 Å². The molecule has 1 heterocycles. The quantitative estimate of drug-likeness (QED) is 0.574. The lowest BCUT2D eigenvalue weighted by atomic mass is 10.1. The van der Waals surface area contributed by atoms with Gasteiger partial charge in [0.2, 0.25) is 0 Å². The Bertz CT molecular complexity index is 843. The van der Waals surface area contributed by atoms with E-state index in [4.69, 9.17) is 18.9 Å². The first-order chi connectivity index (χ1) is 13.0. The largest absolute Gasteiger partial charge is 0.490 e. The van der Waals surface area contributed by atoms with Crippen LogP contribution in [-0.2, 0) is 9.53 Å². The number of carbonyl (C=O) groups is 2. The Morgan fingerprint density at radius 2 is 1.70 bits per heavy atom. The zero-order chi connectivity index (χ0) is 19.2. The SMILES string of the molecule is Cc1ccc(OCC(=O)OCC(=O)c2ccc3c(c2)OCCCO3)cc1C. The molecule has 0 aliphatic carbocycles. The number of hydrogen-bond acceptors (Lipinski definition) is 6. The van der Waals surface area contributed by atoms with Crippen molar-refractivity contribution in [3.8, 4) is 17.2 Å². The third-order valence-electron chi connectivity index (χ3n) is 4.27. The Labute approximate surface area is 158 Å². The fraction of sp³-hybridized carbons (Fsp3) is 0.333. The number of ketones is 1. The van der Waals surface area contributed by atoms with E-state index >= 15 is 0 Å². The fourth-order valence-corrected chi connectivity index (χ4v) is 2.55. The van der Waals surface area contributed by atoms with Crippen LogP contribution in [0.15, 0.2) is 36.4 Å². The predicted molar refractivity (Wildman–Crippen MR) is 98.7 cm³/mol. The molecule has 6 nitrogen and oxygen atoms in total. The Balaban J connectivity index is 1.50. The van der Waals surface area contributed by atoms with Gasteiger partial charge < -0.3 is 18.9 Å². The molecule has 3 rings (SSSR count). The molecule has 0 radical (unpaired) electrons. The minimum absolute atomic E-state index is 0.253. The Morgan fingerprint density at radius 3 is 2.48 bits per heavy atom. The molecular formula is C21H22O6. The van der Waals surface area contributed by atoms with Crippen LogP contribution >= 0.6 is 0 Å². The van der Waals surface area contributed by atoms with E-state index in [1.807, 2.05) is 26.0 Å². The second-order valence-electron chi connectivity index (χ2n) is 6.33. The zero-order valence-electron chi connectivity index (χ0n) is 15.4. The molecule has 0 unspecified atom stereocenters. The van der Waals surface area contributed by atoms with Crippen molar-refractivity contribution in [1.29, 1.82) is 0 Å².